The molecule has 4 N–H and O–H groups in total. The number of nitrogens with zero attached hydrogens (tertiary/aromatic N) is 1. The van der Waals surface area contributed by atoms with Gasteiger partial charge in [0.05, 0.1) is 0 Å². The molecule has 0 heterocycles. The molecule has 2 aromatic rings. The Morgan fingerprint density at radius 1 is 1.09 bits per heavy atom. The highest BCUT2D eigenvalue weighted by Gasteiger charge is 2.03. The highest BCUT2D eigenvalue weighted by Crippen LogP contribution is 2.06. The number of aliphatic imine (C=N–C) groups is 1. The Bertz CT molecular complexity index is 698. The molecule has 0 fully saturated rings. The maximum Gasteiger partial charge on any atom is 0.248 e. The average Bonchev–Trinajstić information content (AvgIpc) is 2.57. The lowest BCUT2D eigenvalue weighted by atomic mass is 10.1. The minimum Gasteiger partial charge on any atom is -0.366 e. The molecule has 6 heteroatoms. The van der Waals surface area contributed by atoms with Gasteiger partial charge in [-0.05, 0) is 23.8 Å². The van der Waals surface area contributed by atoms with Crippen molar-refractivity contribution in [2.75, 3.05) is 7.05 Å². The first-order chi connectivity index (χ1) is 11.1. The van der Waals surface area contributed by atoms with Gasteiger partial charge < -0.3 is 16.4 Å². The minimum absolute atomic E-state index is 0.252. The van der Waals surface area contributed by atoms with Gasteiger partial charge in [0.2, 0.25) is 5.91 Å². The fourth-order valence-electron chi connectivity index (χ4n) is 2.01. The fraction of sp³-hybridized carbons (Fsp3) is 0.176. The quantitative estimate of drug-likeness (QED) is 0.581. The number of primary amides is 1. The van der Waals surface area contributed by atoms with Crippen molar-refractivity contribution >= 4 is 11.9 Å². The number of halogens is 1. The van der Waals surface area contributed by atoms with Crippen LogP contribution in [0.15, 0.2) is 53.5 Å². The van der Waals surface area contributed by atoms with E-state index >= 15 is 0 Å². The third-order valence-electron chi connectivity index (χ3n) is 3.33. The highest BCUT2D eigenvalue weighted by atomic mass is 19.1. The summed E-state index contributed by atoms with van der Waals surface area (Å²) in [5.41, 5.74) is 7.21. The van der Waals surface area contributed by atoms with Gasteiger partial charge >= 0.3 is 0 Å². The van der Waals surface area contributed by atoms with Crippen molar-refractivity contribution in [3.05, 3.63) is 71.0 Å². The summed E-state index contributed by atoms with van der Waals surface area (Å²) >= 11 is 0. The summed E-state index contributed by atoms with van der Waals surface area (Å²) in [5.74, 6) is -0.142. The third-order valence-corrected chi connectivity index (χ3v) is 3.33. The number of guanidine groups is 1. The first-order valence-electron chi connectivity index (χ1n) is 7.17. The van der Waals surface area contributed by atoms with E-state index in [0.717, 1.165) is 5.56 Å². The molecule has 0 bridgehead atoms. The summed E-state index contributed by atoms with van der Waals surface area (Å²) in [6.07, 6.45) is 0. The van der Waals surface area contributed by atoms with Crippen LogP contribution in [-0.2, 0) is 13.1 Å². The van der Waals surface area contributed by atoms with E-state index in [4.69, 9.17) is 5.73 Å². The lowest BCUT2D eigenvalue weighted by Gasteiger charge is -2.12. The molecule has 0 aliphatic rings. The lowest BCUT2D eigenvalue weighted by Crippen LogP contribution is -2.36. The van der Waals surface area contributed by atoms with Crippen molar-refractivity contribution in [1.29, 1.82) is 0 Å². The Labute approximate surface area is 134 Å². The third kappa shape index (κ3) is 4.81. The molecule has 0 atom stereocenters. The van der Waals surface area contributed by atoms with Gasteiger partial charge in [-0.3, -0.25) is 9.79 Å². The monoisotopic (exact) mass is 314 g/mol. The molecule has 0 saturated carbocycles. The summed E-state index contributed by atoms with van der Waals surface area (Å²) in [6.45, 7) is 0.864. The van der Waals surface area contributed by atoms with Crippen LogP contribution >= 0.6 is 0 Å². The molecule has 23 heavy (non-hydrogen) atoms. The minimum atomic E-state index is -0.452. The number of amides is 1. The van der Waals surface area contributed by atoms with Gasteiger partial charge in [-0.15, -0.1) is 0 Å². The van der Waals surface area contributed by atoms with Crippen molar-refractivity contribution in [3.63, 3.8) is 0 Å². The zero-order valence-electron chi connectivity index (χ0n) is 12.8. The molecule has 5 nitrogen and oxygen atoms in total. The van der Waals surface area contributed by atoms with Gasteiger partial charge in [-0.1, -0.05) is 30.3 Å². The van der Waals surface area contributed by atoms with E-state index in [9.17, 15) is 9.18 Å². The van der Waals surface area contributed by atoms with Crippen molar-refractivity contribution < 1.29 is 9.18 Å². The maximum atomic E-state index is 13.6. The second kappa shape index (κ2) is 7.93. The van der Waals surface area contributed by atoms with Gasteiger partial charge in [0.25, 0.3) is 0 Å². The Morgan fingerprint density at radius 3 is 2.35 bits per heavy atom. The molecule has 0 aliphatic carbocycles. The molecule has 0 aliphatic heterocycles. The van der Waals surface area contributed by atoms with Crippen LogP contribution in [0.1, 0.15) is 21.5 Å². The van der Waals surface area contributed by atoms with E-state index in [1.165, 1.54) is 6.07 Å². The molecule has 0 saturated heterocycles. The summed E-state index contributed by atoms with van der Waals surface area (Å²) in [5, 5.41) is 6.18. The van der Waals surface area contributed by atoms with Gasteiger partial charge in [-0.2, -0.15) is 0 Å². The zero-order chi connectivity index (χ0) is 16.7. The van der Waals surface area contributed by atoms with Crippen molar-refractivity contribution in [2.24, 2.45) is 10.7 Å². The van der Waals surface area contributed by atoms with Crippen LogP contribution < -0.4 is 16.4 Å². The fourth-order valence-corrected chi connectivity index (χ4v) is 2.01. The summed E-state index contributed by atoms with van der Waals surface area (Å²) in [4.78, 5) is 15.1. The first-order valence-corrected chi connectivity index (χ1v) is 7.17. The van der Waals surface area contributed by atoms with E-state index in [0.29, 0.717) is 30.2 Å². The van der Waals surface area contributed by atoms with E-state index < -0.39 is 5.91 Å². The zero-order valence-corrected chi connectivity index (χ0v) is 12.8. The Balaban J connectivity index is 1.88. The number of rotatable bonds is 5. The van der Waals surface area contributed by atoms with Crippen LogP contribution in [-0.4, -0.2) is 18.9 Å². The number of hydrogen-bond acceptors (Lipinski definition) is 2. The molecule has 0 spiro atoms. The number of hydrogen-bond donors (Lipinski definition) is 3. The van der Waals surface area contributed by atoms with Crippen LogP contribution in [0.4, 0.5) is 4.39 Å². The first kappa shape index (κ1) is 16.5. The van der Waals surface area contributed by atoms with Crippen molar-refractivity contribution in [1.82, 2.24) is 10.6 Å². The van der Waals surface area contributed by atoms with Gasteiger partial charge in [0, 0.05) is 31.3 Å². The van der Waals surface area contributed by atoms with E-state index in [2.05, 4.69) is 15.6 Å². The van der Waals surface area contributed by atoms with Crippen LogP contribution in [0.5, 0.6) is 0 Å². The largest absolute Gasteiger partial charge is 0.366 e. The standard InChI is InChI=1S/C17H19FN4O/c1-20-17(22-11-14-4-2-3-5-15(14)18)21-10-12-6-8-13(9-7-12)16(19)23/h2-9H,10-11H2,1H3,(H2,19,23)(H2,20,21,22). The van der Waals surface area contributed by atoms with Crippen molar-refractivity contribution in [2.45, 2.75) is 13.1 Å². The SMILES string of the molecule is CN=C(NCc1ccc(C(N)=O)cc1)NCc1ccccc1F. The van der Waals surface area contributed by atoms with Gasteiger partial charge in [-0.25, -0.2) is 4.39 Å². The topological polar surface area (TPSA) is 79.5 Å². The van der Waals surface area contributed by atoms with E-state index in [1.807, 2.05) is 12.1 Å². The summed E-state index contributed by atoms with van der Waals surface area (Å²) in [7, 11) is 1.65. The Hall–Kier alpha value is -2.89. The smallest absolute Gasteiger partial charge is 0.248 e. The second-order valence-corrected chi connectivity index (χ2v) is 4.93. The highest BCUT2D eigenvalue weighted by molar-refractivity contribution is 5.92. The second-order valence-electron chi connectivity index (χ2n) is 4.93. The van der Waals surface area contributed by atoms with Gasteiger partial charge in [0.1, 0.15) is 5.82 Å². The van der Waals surface area contributed by atoms with E-state index in [-0.39, 0.29) is 5.82 Å². The molecular formula is C17H19FN4O. The molecule has 2 rings (SSSR count). The van der Waals surface area contributed by atoms with Crippen LogP contribution in [0.2, 0.25) is 0 Å². The predicted octanol–water partition coefficient (Wildman–Crippen LogP) is 1.79. The van der Waals surface area contributed by atoms with Crippen LogP contribution in [0.25, 0.3) is 0 Å². The van der Waals surface area contributed by atoms with Crippen molar-refractivity contribution in [3.8, 4) is 0 Å². The molecule has 0 aromatic heterocycles. The maximum absolute atomic E-state index is 13.6. The number of benzene rings is 2. The Kier molecular flexibility index (Phi) is 5.68. The molecular weight excluding hydrogens is 295 g/mol. The van der Waals surface area contributed by atoms with E-state index in [1.54, 1.807) is 37.4 Å². The average molecular weight is 314 g/mol. The molecule has 0 unspecified atom stereocenters. The number of nitrogens with two attached hydrogens (primary N) is 1. The molecule has 0 radical (unpaired) electrons. The molecule has 2 aromatic carbocycles. The predicted molar refractivity (Wildman–Crippen MR) is 88.4 cm³/mol. The van der Waals surface area contributed by atoms with Crippen LogP contribution in [0.3, 0.4) is 0 Å². The Morgan fingerprint density at radius 2 is 1.74 bits per heavy atom. The normalized spacial score (nSPS) is 11.1. The van der Waals surface area contributed by atoms with Crippen LogP contribution in [0, 0.1) is 5.82 Å². The number of carbonyl (C=O) groups excluding carboxylic acids is 1. The molecule has 1 amide bonds. The van der Waals surface area contributed by atoms with Gasteiger partial charge in [0.15, 0.2) is 5.96 Å². The lowest BCUT2D eigenvalue weighted by molar-refractivity contribution is 0.100. The summed E-state index contributed by atoms with van der Waals surface area (Å²) < 4.78 is 13.6. The number of carbonyl (C=O) groups is 1. The number of nitrogens with one attached hydrogen (secondary N) is 2. The summed E-state index contributed by atoms with van der Waals surface area (Å²) in [6, 6.07) is 13.6. The molecule has 120 valence electrons.